The maximum Gasteiger partial charge on any atom is 0.298 e. The predicted molar refractivity (Wildman–Crippen MR) is 193 cm³/mol. The minimum absolute atomic E-state index is 0.0267. The van der Waals surface area contributed by atoms with E-state index >= 15 is 0 Å². The average Bonchev–Trinajstić information content (AvgIpc) is 3.81. The van der Waals surface area contributed by atoms with Crippen molar-refractivity contribution in [2.45, 2.75) is 37.6 Å². The highest BCUT2D eigenvalue weighted by molar-refractivity contribution is 7.18. The number of likely N-dealkylation sites (tertiary alicyclic amines) is 1. The molecule has 0 aliphatic carbocycles. The number of β-amino-alcohol motifs (C(OH)–C–C–N with tert-alkyl or cyclic N) is 1. The quantitative estimate of drug-likeness (QED) is 0.188. The number of benzene rings is 3. The van der Waals surface area contributed by atoms with Gasteiger partial charge in [-0.05, 0) is 73.6 Å². The van der Waals surface area contributed by atoms with E-state index in [9.17, 15) is 18.7 Å². The van der Waals surface area contributed by atoms with Gasteiger partial charge in [-0.15, -0.1) is 21.5 Å². The van der Waals surface area contributed by atoms with Gasteiger partial charge in [0.05, 0.1) is 30.0 Å². The van der Waals surface area contributed by atoms with Crippen LogP contribution < -0.4 is 26.2 Å². The number of thiophene rings is 1. The Labute approximate surface area is 300 Å². The molecule has 0 saturated carbocycles. The van der Waals surface area contributed by atoms with Crippen molar-refractivity contribution in [3.8, 4) is 11.4 Å². The summed E-state index contributed by atoms with van der Waals surface area (Å²) in [7, 11) is 0. The van der Waals surface area contributed by atoms with E-state index in [0.717, 1.165) is 47.0 Å². The molecule has 0 radical (unpaired) electrons. The molecule has 0 bridgehead atoms. The number of nitrogens with two attached hydrogens (primary N) is 1. The lowest BCUT2D eigenvalue weighted by Crippen LogP contribution is -2.49. The molecule has 52 heavy (non-hydrogen) atoms. The van der Waals surface area contributed by atoms with Gasteiger partial charge in [-0.3, -0.25) is 14.3 Å². The highest BCUT2D eigenvalue weighted by Crippen LogP contribution is 2.39. The molecule has 0 amide bonds. The molecule has 1 saturated heterocycles. The Bertz CT molecular complexity index is 2260. The summed E-state index contributed by atoms with van der Waals surface area (Å²) >= 11 is 1.48. The summed E-state index contributed by atoms with van der Waals surface area (Å²) in [5.74, 6) is -0.889. The number of fused-ring (bicyclic) bond motifs is 2. The first-order valence-electron chi connectivity index (χ1n) is 17.0. The molecule has 1 fully saturated rings. The molecule has 268 valence electrons. The molecule has 2 aliphatic heterocycles. The van der Waals surface area contributed by atoms with Crippen molar-refractivity contribution >= 4 is 38.9 Å². The van der Waals surface area contributed by atoms with E-state index in [0.29, 0.717) is 48.8 Å². The topological polar surface area (TPSA) is 152 Å². The number of halogens is 2. The molecule has 16 heteroatoms. The van der Waals surface area contributed by atoms with Gasteiger partial charge in [0, 0.05) is 41.3 Å². The van der Waals surface area contributed by atoms with E-state index in [4.69, 9.17) is 10.5 Å². The van der Waals surface area contributed by atoms with Crippen molar-refractivity contribution in [3.05, 3.63) is 112 Å². The number of hydrogen-bond acceptors (Lipinski definition) is 12. The number of ether oxygens (including phenoxy) is 1. The second-order valence-electron chi connectivity index (χ2n) is 13.1. The zero-order chi connectivity index (χ0) is 35.8. The maximum absolute atomic E-state index is 14.9. The fraction of sp³-hybridized carbons (Fsp3) is 0.306. The number of nitrogens with one attached hydrogen (secondary N) is 1. The van der Waals surface area contributed by atoms with Crippen LogP contribution >= 0.6 is 11.3 Å². The van der Waals surface area contributed by atoms with Gasteiger partial charge in [0.2, 0.25) is 0 Å². The van der Waals surface area contributed by atoms with Crippen LogP contribution in [-0.2, 0) is 18.7 Å². The Morgan fingerprint density at radius 2 is 1.83 bits per heavy atom. The second-order valence-corrected chi connectivity index (χ2v) is 14.2. The van der Waals surface area contributed by atoms with E-state index in [1.165, 1.54) is 28.5 Å². The zero-order valence-electron chi connectivity index (χ0n) is 28.0. The van der Waals surface area contributed by atoms with Crippen LogP contribution in [0.25, 0.3) is 16.0 Å². The van der Waals surface area contributed by atoms with Gasteiger partial charge in [-0.2, -0.15) is 4.80 Å². The summed E-state index contributed by atoms with van der Waals surface area (Å²) in [5, 5.41) is 26.9. The number of piperidine rings is 1. The van der Waals surface area contributed by atoms with Gasteiger partial charge < -0.3 is 25.8 Å². The zero-order valence-corrected chi connectivity index (χ0v) is 28.8. The summed E-state index contributed by atoms with van der Waals surface area (Å²) < 4.78 is 36.2. The van der Waals surface area contributed by atoms with E-state index in [-0.39, 0.29) is 36.1 Å². The minimum Gasteiger partial charge on any atom is -0.490 e. The molecule has 5 heterocycles. The van der Waals surface area contributed by atoms with Crippen LogP contribution in [0.3, 0.4) is 0 Å². The van der Waals surface area contributed by atoms with Crippen LogP contribution in [0.15, 0.2) is 83.9 Å². The molecule has 1 atom stereocenters. The van der Waals surface area contributed by atoms with Gasteiger partial charge in [-0.1, -0.05) is 24.3 Å². The van der Waals surface area contributed by atoms with Gasteiger partial charge in [0.1, 0.15) is 34.4 Å². The smallest absolute Gasteiger partial charge is 0.298 e. The third kappa shape index (κ3) is 6.72. The second kappa shape index (κ2) is 14.0. The fourth-order valence-corrected chi connectivity index (χ4v) is 8.07. The van der Waals surface area contributed by atoms with E-state index in [1.54, 1.807) is 4.57 Å². The van der Waals surface area contributed by atoms with Crippen LogP contribution in [0.2, 0.25) is 0 Å². The lowest BCUT2D eigenvalue weighted by atomic mass is 9.91. The Morgan fingerprint density at radius 1 is 1.00 bits per heavy atom. The van der Waals surface area contributed by atoms with Gasteiger partial charge in [-0.25, -0.2) is 13.8 Å². The SMILES string of the molecule is Nc1nc2sc(CNC3CCN(CC(O)(Cn4ncnn4)c4ccc(F)cc4F)CC3)cc2n(-c2ccc3c(c2)N(c2ccccc2)CCO3)c1=O. The third-order valence-corrected chi connectivity index (χ3v) is 10.6. The van der Waals surface area contributed by atoms with Crippen molar-refractivity contribution in [1.82, 2.24) is 40.0 Å². The first-order valence-corrected chi connectivity index (χ1v) is 17.8. The maximum atomic E-state index is 14.9. The van der Waals surface area contributed by atoms with Crippen LogP contribution in [0.5, 0.6) is 5.75 Å². The van der Waals surface area contributed by atoms with Gasteiger partial charge in [0.25, 0.3) is 5.56 Å². The molecular formula is C36H36F2N10O3S. The van der Waals surface area contributed by atoms with Crippen molar-refractivity contribution in [2.24, 2.45) is 0 Å². The van der Waals surface area contributed by atoms with Crippen molar-refractivity contribution in [3.63, 3.8) is 0 Å². The number of aliphatic hydroxyl groups is 1. The standard InChI is InChI=1S/C36H36F2N10O3S/c37-23-6-8-28(29(38)16-23)36(50,21-47-42-22-41-44-47)20-45-12-10-24(11-13-45)40-19-27-18-31-34(52-27)43-33(39)35(49)48(31)26-7-9-32-30(17-26)46(14-15-51-32)25-4-2-1-3-5-25/h1-9,16-18,22,24,40,50H,10-15,19-21H2,(H2,39,43). The lowest BCUT2D eigenvalue weighted by Gasteiger charge is -2.38. The summed E-state index contributed by atoms with van der Waals surface area (Å²) in [6.07, 6.45) is 2.79. The number of hydrogen-bond donors (Lipinski definition) is 3. The largest absolute Gasteiger partial charge is 0.490 e. The number of rotatable bonds is 10. The normalized spacial score (nSPS) is 16.5. The van der Waals surface area contributed by atoms with E-state index in [2.05, 4.69) is 35.5 Å². The van der Waals surface area contributed by atoms with Crippen molar-refractivity contribution in [2.75, 3.05) is 43.4 Å². The average molecular weight is 727 g/mol. The first-order chi connectivity index (χ1) is 25.2. The number of nitrogen functional groups attached to an aromatic ring is 1. The molecular weight excluding hydrogens is 691 g/mol. The highest BCUT2D eigenvalue weighted by atomic mass is 32.1. The van der Waals surface area contributed by atoms with Crippen LogP contribution in [-0.4, -0.2) is 78.6 Å². The van der Waals surface area contributed by atoms with Crippen molar-refractivity contribution in [1.29, 1.82) is 0 Å². The van der Waals surface area contributed by atoms with Crippen LogP contribution in [0.1, 0.15) is 23.3 Å². The minimum atomic E-state index is -1.72. The monoisotopic (exact) mass is 726 g/mol. The van der Waals surface area contributed by atoms with Gasteiger partial charge in [0.15, 0.2) is 12.1 Å². The Balaban J connectivity index is 0.969. The predicted octanol–water partition coefficient (Wildman–Crippen LogP) is 3.97. The van der Waals surface area contributed by atoms with Gasteiger partial charge >= 0.3 is 0 Å². The Morgan fingerprint density at radius 3 is 2.60 bits per heavy atom. The van der Waals surface area contributed by atoms with E-state index in [1.807, 2.05) is 54.6 Å². The van der Waals surface area contributed by atoms with Crippen LogP contribution in [0.4, 0.5) is 26.0 Å². The molecule has 0 spiro atoms. The van der Waals surface area contributed by atoms with Crippen molar-refractivity contribution < 1.29 is 18.6 Å². The summed E-state index contributed by atoms with van der Waals surface area (Å²) in [4.78, 5) is 25.0. The molecule has 3 aromatic carbocycles. The number of anilines is 3. The molecule has 1 unspecified atom stereocenters. The lowest BCUT2D eigenvalue weighted by molar-refractivity contribution is -0.0304. The number of aromatic nitrogens is 6. The molecule has 3 aromatic heterocycles. The Kier molecular flexibility index (Phi) is 9.13. The highest BCUT2D eigenvalue weighted by Gasteiger charge is 2.37. The number of tetrazole rings is 1. The van der Waals surface area contributed by atoms with Crippen LogP contribution in [0, 0.1) is 11.6 Å². The molecule has 8 rings (SSSR count). The summed E-state index contributed by atoms with van der Waals surface area (Å²) in [6.45, 7) is 3.01. The number of nitrogens with zero attached hydrogens (tertiary/aromatic N) is 8. The summed E-state index contributed by atoms with van der Waals surface area (Å²) in [5.41, 5.74) is 7.27. The third-order valence-electron chi connectivity index (χ3n) is 9.63. The fourth-order valence-electron chi connectivity index (χ4n) is 7.10. The first kappa shape index (κ1) is 33.8. The Hall–Kier alpha value is -5.29. The summed E-state index contributed by atoms with van der Waals surface area (Å²) in [6, 6.07) is 21.1. The van der Waals surface area contributed by atoms with E-state index < -0.39 is 17.2 Å². The molecule has 2 aliphatic rings. The molecule has 6 aromatic rings. The molecule has 13 nitrogen and oxygen atoms in total. The molecule has 4 N–H and O–H groups in total. The number of para-hydroxylation sites is 1.